The number of fused-ring (bicyclic) bond motifs is 6. The van der Waals surface area contributed by atoms with Gasteiger partial charge < -0.3 is 10.8 Å². The first-order chi connectivity index (χ1) is 24.2. The maximum atomic E-state index is 8.74. The van der Waals surface area contributed by atoms with Gasteiger partial charge in [0.05, 0.1) is 27.8 Å². The number of hydrogen-bond donors (Lipinski definition) is 2. The van der Waals surface area contributed by atoms with E-state index in [1.807, 2.05) is 54.7 Å². The van der Waals surface area contributed by atoms with Crippen LogP contribution in [0, 0.1) is 10.8 Å². The molecule has 7 nitrogen and oxygen atoms in total. The molecule has 0 amide bonds. The number of para-hydroxylation sites is 4. The Kier molecular flexibility index (Phi) is 6.62. The summed E-state index contributed by atoms with van der Waals surface area (Å²) >= 11 is 0. The molecule has 0 saturated carbocycles. The summed E-state index contributed by atoms with van der Waals surface area (Å²) in [5.74, 6) is 0.830. The van der Waals surface area contributed by atoms with Crippen LogP contribution >= 0.6 is 0 Å². The van der Waals surface area contributed by atoms with Crippen molar-refractivity contribution in [2.45, 2.75) is 0 Å². The van der Waals surface area contributed by atoms with Crippen LogP contribution in [0.3, 0.4) is 0 Å². The van der Waals surface area contributed by atoms with Crippen molar-refractivity contribution in [3.05, 3.63) is 164 Å². The normalized spacial score (nSPS) is 11.8. The van der Waals surface area contributed by atoms with Gasteiger partial charge in [-0.15, -0.1) is 0 Å². The Bertz CT molecular complexity index is 2730. The minimum Gasteiger partial charge on any atom is -0.309 e. The van der Waals surface area contributed by atoms with E-state index in [4.69, 9.17) is 15.8 Å². The number of nitrogens with zero attached hydrogens (tertiary/aromatic N) is 5. The fourth-order valence-electron chi connectivity index (χ4n) is 6.99. The molecule has 0 aliphatic carbocycles. The largest absolute Gasteiger partial charge is 0.309 e. The van der Waals surface area contributed by atoms with Crippen molar-refractivity contribution in [3.8, 4) is 28.5 Å². The summed E-state index contributed by atoms with van der Waals surface area (Å²) in [5, 5.41) is 19.4. The fraction of sp³-hybridized carbons (Fsp3) is 0. The Labute approximate surface area is 281 Å². The van der Waals surface area contributed by atoms with Gasteiger partial charge in [-0.25, -0.2) is 4.98 Å². The summed E-state index contributed by atoms with van der Waals surface area (Å²) in [5.41, 5.74) is 10.3. The Morgan fingerprint density at radius 2 is 1.35 bits per heavy atom. The zero-order chi connectivity index (χ0) is 32.9. The number of nitrogens with one attached hydrogen (secondary N) is 2. The first kappa shape index (κ1) is 28.4. The Morgan fingerprint density at radius 1 is 0.612 bits per heavy atom. The highest BCUT2D eigenvalue weighted by Crippen LogP contribution is 2.42. The van der Waals surface area contributed by atoms with Gasteiger partial charge in [0, 0.05) is 63.0 Å². The molecule has 2 N–H and O–H groups in total. The first-order valence-corrected chi connectivity index (χ1v) is 16.1. The Morgan fingerprint density at radius 3 is 2.08 bits per heavy atom. The standard InChI is InChI=1S/C42H29N7/c43-23-9-16-35(44)28-19-22-37-34(25-28)40-33-21-20-32(47-38-18-8-7-17-36(38)46-41(47)29-11-10-24-45-27-29)26-39(33)49(31-14-5-2-6-15-31)42(40)48(37)30-12-3-1-4-13-30/h1-27,43-44H/b16-9-,43-23?,44-35?. The highest BCUT2D eigenvalue weighted by atomic mass is 15.1. The quantitative estimate of drug-likeness (QED) is 0.172. The molecule has 0 bridgehead atoms. The van der Waals surface area contributed by atoms with E-state index in [0.717, 1.165) is 77.9 Å². The van der Waals surface area contributed by atoms with Crippen molar-refractivity contribution in [1.82, 2.24) is 23.7 Å². The summed E-state index contributed by atoms with van der Waals surface area (Å²) in [6.07, 6.45) is 8.09. The molecular weight excluding hydrogens is 603 g/mol. The maximum absolute atomic E-state index is 8.74. The molecule has 7 heteroatoms. The van der Waals surface area contributed by atoms with Gasteiger partial charge >= 0.3 is 0 Å². The lowest BCUT2D eigenvalue weighted by molar-refractivity contribution is 1.06. The van der Waals surface area contributed by atoms with E-state index in [9.17, 15) is 0 Å². The van der Waals surface area contributed by atoms with Crippen molar-refractivity contribution in [2.75, 3.05) is 0 Å². The lowest BCUT2D eigenvalue weighted by Crippen LogP contribution is -2.02. The Hall–Kier alpha value is -6.86. The van der Waals surface area contributed by atoms with E-state index in [-0.39, 0.29) is 0 Å². The summed E-state index contributed by atoms with van der Waals surface area (Å²) in [6, 6.07) is 46.0. The van der Waals surface area contributed by atoms with Gasteiger partial charge in [-0.1, -0.05) is 60.7 Å². The van der Waals surface area contributed by atoms with Crippen LogP contribution in [0.2, 0.25) is 0 Å². The van der Waals surface area contributed by atoms with Crippen molar-refractivity contribution < 1.29 is 0 Å². The average Bonchev–Trinajstić information content (AvgIpc) is 3.82. The third-order valence-electron chi connectivity index (χ3n) is 9.08. The maximum Gasteiger partial charge on any atom is 0.147 e. The van der Waals surface area contributed by atoms with Crippen LogP contribution in [-0.2, 0) is 0 Å². The van der Waals surface area contributed by atoms with Gasteiger partial charge in [0.25, 0.3) is 0 Å². The molecule has 4 heterocycles. The molecule has 4 aromatic heterocycles. The van der Waals surface area contributed by atoms with Gasteiger partial charge in [-0.05, 0) is 84.9 Å². The topological polar surface area (TPSA) is 88.3 Å². The van der Waals surface area contributed by atoms with E-state index < -0.39 is 0 Å². The predicted octanol–water partition coefficient (Wildman–Crippen LogP) is 9.70. The third kappa shape index (κ3) is 4.52. The van der Waals surface area contributed by atoms with Crippen molar-refractivity contribution in [3.63, 3.8) is 0 Å². The molecular formula is C42H29N7. The molecule has 9 aromatic rings. The summed E-state index contributed by atoms with van der Waals surface area (Å²) in [7, 11) is 0. The zero-order valence-corrected chi connectivity index (χ0v) is 26.3. The predicted molar refractivity (Wildman–Crippen MR) is 200 cm³/mol. The molecule has 0 fully saturated rings. The molecule has 9 rings (SSSR count). The third-order valence-corrected chi connectivity index (χ3v) is 9.08. The van der Waals surface area contributed by atoms with E-state index >= 15 is 0 Å². The highest BCUT2D eigenvalue weighted by Gasteiger charge is 2.24. The van der Waals surface area contributed by atoms with Crippen LogP contribution < -0.4 is 0 Å². The molecule has 232 valence electrons. The Balaban J connectivity index is 1.42. The van der Waals surface area contributed by atoms with E-state index in [1.54, 1.807) is 18.3 Å². The van der Waals surface area contributed by atoms with E-state index in [1.165, 1.54) is 6.21 Å². The molecule has 0 unspecified atom stereocenters. The fourth-order valence-corrected chi connectivity index (χ4v) is 6.99. The van der Waals surface area contributed by atoms with Crippen LogP contribution in [0.15, 0.2) is 158 Å². The van der Waals surface area contributed by atoms with Crippen LogP contribution in [-0.4, -0.2) is 35.6 Å². The second-order valence-corrected chi connectivity index (χ2v) is 11.9. The molecule has 0 spiro atoms. The molecule has 0 atom stereocenters. The molecule has 0 aliphatic heterocycles. The monoisotopic (exact) mass is 631 g/mol. The van der Waals surface area contributed by atoms with Gasteiger partial charge in [0.15, 0.2) is 0 Å². The lowest BCUT2D eigenvalue weighted by atomic mass is 10.0. The number of rotatable bonds is 7. The molecule has 0 aliphatic rings. The number of allylic oxidation sites excluding steroid dienone is 2. The van der Waals surface area contributed by atoms with Gasteiger partial charge in [0.1, 0.15) is 11.5 Å². The second-order valence-electron chi connectivity index (χ2n) is 11.9. The second kappa shape index (κ2) is 11.4. The summed E-state index contributed by atoms with van der Waals surface area (Å²) < 4.78 is 6.90. The van der Waals surface area contributed by atoms with Crippen molar-refractivity contribution in [2.24, 2.45) is 0 Å². The molecule has 0 saturated heterocycles. The smallest absolute Gasteiger partial charge is 0.147 e. The minimum atomic E-state index is 0.356. The zero-order valence-electron chi connectivity index (χ0n) is 26.3. The number of aromatic nitrogens is 5. The first-order valence-electron chi connectivity index (χ1n) is 16.1. The van der Waals surface area contributed by atoms with Crippen LogP contribution in [0.4, 0.5) is 0 Å². The summed E-state index contributed by atoms with van der Waals surface area (Å²) in [6.45, 7) is 0. The van der Waals surface area contributed by atoms with Crippen LogP contribution in [0.25, 0.3) is 72.3 Å². The highest BCUT2D eigenvalue weighted by molar-refractivity contribution is 6.24. The lowest BCUT2D eigenvalue weighted by Gasteiger charge is -2.14. The van der Waals surface area contributed by atoms with E-state index in [2.05, 4.69) is 104 Å². The average molecular weight is 632 g/mol. The van der Waals surface area contributed by atoms with E-state index in [0.29, 0.717) is 5.71 Å². The summed E-state index contributed by atoms with van der Waals surface area (Å²) in [4.78, 5) is 9.47. The van der Waals surface area contributed by atoms with Crippen LogP contribution in [0.5, 0.6) is 0 Å². The van der Waals surface area contributed by atoms with Gasteiger partial charge in [0.2, 0.25) is 0 Å². The van der Waals surface area contributed by atoms with Gasteiger partial charge in [-0.3, -0.25) is 18.7 Å². The number of pyridine rings is 1. The number of benzene rings is 5. The van der Waals surface area contributed by atoms with Crippen LogP contribution in [0.1, 0.15) is 5.56 Å². The molecule has 0 radical (unpaired) electrons. The minimum absolute atomic E-state index is 0.356. The number of imidazole rings is 1. The van der Waals surface area contributed by atoms with Gasteiger partial charge in [-0.2, -0.15) is 0 Å². The SMILES string of the molecule is N=C/C=C\C(=N)c1ccc2c(c1)c1c3ccc(-n4c(-c5cccnc5)nc5ccccc54)cc3n(-c3ccccc3)c1n2-c1ccccc1. The van der Waals surface area contributed by atoms with Crippen molar-refractivity contribution in [1.29, 1.82) is 10.8 Å². The number of hydrogen-bond acceptors (Lipinski definition) is 4. The molecule has 49 heavy (non-hydrogen) atoms. The molecule has 5 aromatic carbocycles. The van der Waals surface area contributed by atoms with Crippen molar-refractivity contribution >= 4 is 55.8 Å².